The van der Waals surface area contributed by atoms with Crippen LogP contribution in [0.2, 0.25) is 0 Å². The van der Waals surface area contributed by atoms with Gasteiger partial charge in [0.15, 0.2) is 11.5 Å². The molecule has 1 heterocycles. The zero-order valence-electron chi connectivity index (χ0n) is 21.0. The highest BCUT2D eigenvalue weighted by Crippen LogP contribution is 2.32. The van der Waals surface area contributed by atoms with E-state index in [2.05, 4.69) is 26.0 Å². The number of hydrazone groups is 1. The van der Waals surface area contributed by atoms with Crippen molar-refractivity contribution in [1.82, 2.24) is 15.6 Å². The number of hydrogen-bond acceptors (Lipinski definition) is 8. The van der Waals surface area contributed by atoms with E-state index in [0.717, 1.165) is 22.5 Å². The summed E-state index contributed by atoms with van der Waals surface area (Å²) in [7, 11) is 0. The number of benzene rings is 3. The number of carbonyl (C=O) groups excluding carboxylic acids is 2. The van der Waals surface area contributed by atoms with Gasteiger partial charge in [-0.2, -0.15) is 5.10 Å². The summed E-state index contributed by atoms with van der Waals surface area (Å²) >= 11 is 1.13. The average molecular weight is 530 g/mol. The van der Waals surface area contributed by atoms with Crippen molar-refractivity contribution in [3.63, 3.8) is 0 Å². The second-order valence-electron chi connectivity index (χ2n) is 8.10. The lowest BCUT2D eigenvalue weighted by atomic mass is 10.1. The molecule has 0 saturated heterocycles. The van der Waals surface area contributed by atoms with Crippen molar-refractivity contribution in [2.24, 2.45) is 5.10 Å². The molecule has 38 heavy (non-hydrogen) atoms. The minimum absolute atomic E-state index is 0.0233. The first-order valence-corrected chi connectivity index (χ1v) is 12.8. The van der Waals surface area contributed by atoms with Crippen LogP contribution in [0, 0.1) is 0 Å². The second-order valence-corrected chi connectivity index (χ2v) is 9.16. The third-order valence-corrected chi connectivity index (χ3v) is 6.12. The number of aromatic nitrogens is 2. The Morgan fingerprint density at radius 2 is 1.74 bits per heavy atom. The van der Waals surface area contributed by atoms with Gasteiger partial charge >= 0.3 is 0 Å². The highest BCUT2D eigenvalue weighted by atomic mass is 32.1. The predicted molar refractivity (Wildman–Crippen MR) is 147 cm³/mol. The molecular formula is C28H27N5O4S. The Morgan fingerprint density at radius 3 is 2.47 bits per heavy atom. The largest absolute Gasteiger partial charge is 0.490 e. The molecule has 0 aliphatic carbocycles. The van der Waals surface area contributed by atoms with E-state index in [1.807, 2.05) is 62.4 Å². The molecule has 0 aliphatic heterocycles. The molecule has 0 fully saturated rings. The number of nitrogens with zero attached hydrogens (tertiary/aromatic N) is 3. The highest BCUT2D eigenvalue weighted by molar-refractivity contribution is 7.15. The van der Waals surface area contributed by atoms with Crippen LogP contribution in [0.15, 0.2) is 84.0 Å². The van der Waals surface area contributed by atoms with Crippen molar-refractivity contribution in [2.75, 3.05) is 11.9 Å². The van der Waals surface area contributed by atoms with Crippen molar-refractivity contribution in [3.8, 4) is 11.5 Å². The Kier molecular flexibility index (Phi) is 9.14. The fourth-order valence-electron chi connectivity index (χ4n) is 3.44. The van der Waals surface area contributed by atoms with E-state index in [1.54, 1.807) is 30.3 Å². The van der Waals surface area contributed by atoms with Gasteiger partial charge in [-0.25, -0.2) is 5.43 Å². The molecule has 0 spiro atoms. The van der Waals surface area contributed by atoms with Gasteiger partial charge in [0.25, 0.3) is 5.91 Å². The second kappa shape index (κ2) is 13.1. The van der Waals surface area contributed by atoms with Crippen molar-refractivity contribution in [2.45, 2.75) is 26.4 Å². The first-order valence-electron chi connectivity index (χ1n) is 12.0. The van der Waals surface area contributed by atoms with Gasteiger partial charge in [-0.15, -0.1) is 10.2 Å². The van der Waals surface area contributed by atoms with Gasteiger partial charge in [-0.3, -0.25) is 14.9 Å². The Hall–Kier alpha value is -4.57. The van der Waals surface area contributed by atoms with Crippen LogP contribution in [0.5, 0.6) is 11.5 Å². The molecular weight excluding hydrogens is 502 g/mol. The Balaban J connectivity index is 1.31. The first kappa shape index (κ1) is 26.5. The Morgan fingerprint density at radius 1 is 1.00 bits per heavy atom. The summed E-state index contributed by atoms with van der Waals surface area (Å²) in [6.45, 7) is 4.36. The lowest BCUT2D eigenvalue weighted by Gasteiger charge is -2.18. The topological polar surface area (TPSA) is 115 Å². The van der Waals surface area contributed by atoms with Gasteiger partial charge in [0.1, 0.15) is 11.1 Å². The summed E-state index contributed by atoms with van der Waals surface area (Å²) < 4.78 is 11.9. The van der Waals surface area contributed by atoms with Crippen molar-refractivity contribution < 1.29 is 19.1 Å². The Labute approximate surface area is 224 Å². The van der Waals surface area contributed by atoms with Crippen molar-refractivity contribution in [3.05, 3.63) is 101 Å². The number of rotatable bonds is 11. The van der Waals surface area contributed by atoms with Crippen LogP contribution in [0.4, 0.5) is 5.13 Å². The predicted octanol–water partition coefficient (Wildman–Crippen LogP) is 5.02. The van der Waals surface area contributed by atoms with Crippen LogP contribution >= 0.6 is 11.3 Å². The molecule has 9 nitrogen and oxygen atoms in total. The minimum atomic E-state index is -0.361. The van der Waals surface area contributed by atoms with E-state index < -0.39 is 0 Å². The summed E-state index contributed by atoms with van der Waals surface area (Å²) in [5.41, 5.74) is 4.79. The monoisotopic (exact) mass is 529 g/mol. The van der Waals surface area contributed by atoms with Gasteiger partial charge in [0.2, 0.25) is 11.0 Å². The van der Waals surface area contributed by atoms with Crippen LogP contribution in [0.1, 0.15) is 46.4 Å². The van der Waals surface area contributed by atoms with E-state index >= 15 is 0 Å². The van der Waals surface area contributed by atoms with Crippen LogP contribution in [-0.2, 0) is 11.2 Å². The standard InChI is InChI=1S/C28H27N5O4S/c1-3-36-24-16-20(14-15-23(24)37-19(2)21-10-6-4-7-11-21)18-29-31-25(34)17-26-32-33-28(38-26)30-27(35)22-12-8-5-9-13-22/h4-16,18-19H,3,17H2,1-2H3,(H,31,34)(H,30,33,35)/b29-18-/t19-/m0/s1. The van der Waals surface area contributed by atoms with Gasteiger partial charge < -0.3 is 9.47 Å². The number of amides is 2. The number of ether oxygens (including phenoxy) is 2. The zero-order valence-corrected chi connectivity index (χ0v) is 21.8. The van der Waals surface area contributed by atoms with E-state index in [-0.39, 0.29) is 24.3 Å². The summed E-state index contributed by atoms with van der Waals surface area (Å²) in [4.78, 5) is 24.6. The normalized spacial score (nSPS) is 11.6. The highest BCUT2D eigenvalue weighted by Gasteiger charge is 2.13. The smallest absolute Gasteiger partial charge is 0.257 e. The van der Waals surface area contributed by atoms with E-state index in [0.29, 0.717) is 33.8 Å². The van der Waals surface area contributed by atoms with E-state index in [4.69, 9.17) is 9.47 Å². The number of carbonyl (C=O) groups is 2. The van der Waals surface area contributed by atoms with E-state index in [1.165, 1.54) is 6.21 Å². The molecule has 194 valence electrons. The van der Waals surface area contributed by atoms with Crippen LogP contribution < -0.4 is 20.2 Å². The van der Waals surface area contributed by atoms with Gasteiger partial charge in [0.05, 0.1) is 19.2 Å². The molecule has 0 radical (unpaired) electrons. The quantitative estimate of drug-likeness (QED) is 0.208. The maximum absolute atomic E-state index is 12.3. The molecule has 4 aromatic rings. The maximum atomic E-state index is 12.3. The van der Waals surface area contributed by atoms with Gasteiger partial charge in [-0.1, -0.05) is 59.9 Å². The number of hydrogen-bond donors (Lipinski definition) is 2. The van der Waals surface area contributed by atoms with Crippen molar-refractivity contribution >= 4 is 34.5 Å². The summed E-state index contributed by atoms with van der Waals surface area (Å²) in [6.07, 6.45) is 1.35. The number of nitrogens with one attached hydrogen (secondary N) is 2. The molecule has 10 heteroatoms. The van der Waals surface area contributed by atoms with Crippen LogP contribution in [-0.4, -0.2) is 34.8 Å². The zero-order chi connectivity index (χ0) is 26.7. The molecule has 2 N–H and O–H groups in total. The van der Waals surface area contributed by atoms with E-state index in [9.17, 15) is 9.59 Å². The molecule has 0 aliphatic rings. The molecule has 2 amide bonds. The fraction of sp³-hybridized carbons (Fsp3) is 0.179. The maximum Gasteiger partial charge on any atom is 0.257 e. The van der Waals surface area contributed by atoms with Gasteiger partial charge in [0, 0.05) is 5.56 Å². The molecule has 0 bridgehead atoms. The molecule has 4 rings (SSSR count). The third-order valence-electron chi connectivity index (χ3n) is 5.28. The van der Waals surface area contributed by atoms with Crippen LogP contribution in [0.25, 0.3) is 0 Å². The SMILES string of the molecule is CCOc1cc(/C=N\NC(=O)Cc2nnc(NC(=O)c3ccccc3)s2)ccc1O[C@@H](C)c1ccccc1. The van der Waals surface area contributed by atoms with Gasteiger partial charge in [-0.05, 0) is 55.3 Å². The summed E-state index contributed by atoms with van der Waals surface area (Å²) in [6, 6.07) is 24.2. The summed E-state index contributed by atoms with van der Waals surface area (Å²) in [5, 5.41) is 15.4. The summed E-state index contributed by atoms with van der Waals surface area (Å²) in [5.74, 6) is 0.556. The molecule has 1 aromatic heterocycles. The Bertz CT molecular complexity index is 1390. The number of anilines is 1. The molecule has 1 atom stereocenters. The molecule has 0 saturated carbocycles. The minimum Gasteiger partial charge on any atom is -0.490 e. The average Bonchev–Trinajstić information content (AvgIpc) is 3.37. The fourth-order valence-corrected chi connectivity index (χ4v) is 4.18. The lowest BCUT2D eigenvalue weighted by molar-refractivity contribution is -0.120. The molecule has 3 aromatic carbocycles. The van der Waals surface area contributed by atoms with Crippen LogP contribution in [0.3, 0.4) is 0 Å². The lowest BCUT2D eigenvalue weighted by Crippen LogP contribution is -2.19. The first-order chi connectivity index (χ1) is 18.5. The third kappa shape index (κ3) is 7.47. The van der Waals surface area contributed by atoms with Crippen molar-refractivity contribution in [1.29, 1.82) is 0 Å². The molecule has 0 unspecified atom stereocenters.